The number of carboxylic acid groups (broad SMARTS) is 2. The molecule has 1 rings (SSSR count). The van der Waals surface area contributed by atoms with Crippen LogP contribution in [0, 0.1) is 6.92 Å². The third kappa shape index (κ3) is 3.34. The number of carboxylic acids is 2. The van der Waals surface area contributed by atoms with Crippen molar-refractivity contribution < 1.29 is 29.3 Å². The van der Waals surface area contributed by atoms with E-state index < -0.39 is 17.9 Å². The summed E-state index contributed by atoms with van der Waals surface area (Å²) in [5.74, 6) is -2.91. The third-order valence-electron chi connectivity index (χ3n) is 2.64. The number of ether oxygens (including phenoxy) is 1. The largest absolute Gasteiger partial charge is 0.478 e. The van der Waals surface area contributed by atoms with Gasteiger partial charge in [0.05, 0.1) is 18.6 Å². The molecular formula is C12H15NO6. The SMILES string of the molecule is CCOC(=O)CCc1[nH]c(C(=O)O)c(C)c1C(=O)O. The predicted octanol–water partition coefficient (Wildman–Crippen LogP) is 1.22. The molecule has 0 aliphatic rings. The molecular weight excluding hydrogens is 254 g/mol. The van der Waals surface area contributed by atoms with Crippen molar-refractivity contribution in [2.45, 2.75) is 26.7 Å². The molecule has 7 nitrogen and oxygen atoms in total. The lowest BCUT2D eigenvalue weighted by atomic mass is 10.1. The summed E-state index contributed by atoms with van der Waals surface area (Å²) in [5, 5.41) is 18.0. The Balaban J connectivity index is 3.00. The fourth-order valence-electron chi connectivity index (χ4n) is 1.81. The number of esters is 1. The highest BCUT2D eigenvalue weighted by Crippen LogP contribution is 2.20. The van der Waals surface area contributed by atoms with Crippen LogP contribution < -0.4 is 0 Å². The Labute approximate surface area is 109 Å². The molecule has 1 aromatic rings. The van der Waals surface area contributed by atoms with Gasteiger partial charge >= 0.3 is 17.9 Å². The number of nitrogens with one attached hydrogen (secondary N) is 1. The number of carbonyl (C=O) groups is 3. The van der Waals surface area contributed by atoms with Crippen molar-refractivity contribution in [3.8, 4) is 0 Å². The van der Waals surface area contributed by atoms with E-state index in [1.54, 1.807) is 6.92 Å². The lowest BCUT2D eigenvalue weighted by Crippen LogP contribution is -2.08. The number of hydrogen-bond acceptors (Lipinski definition) is 4. The summed E-state index contributed by atoms with van der Waals surface area (Å²) >= 11 is 0. The number of H-pyrrole nitrogens is 1. The molecule has 0 aromatic carbocycles. The zero-order chi connectivity index (χ0) is 14.6. The van der Waals surface area contributed by atoms with Crippen molar-refractivity contribution in [2.75, 3.05) is 6.61 Å². The van der Waals surface area contributed by atoms with Crippen molar-refractivity contribution in [2.24, 2.45) is 0 Å². The summed E-state index contributed by atoms with van der Waals surface area (Å²) in [4.78, 5) is 35.8. The van der Waals surface area contributed by atoms with Crippen molar-refractivity contribution in [3.05, 3.63) is 22.5 Å². The standard InChI is InChI=1S/C12H15NO6/c1-3-19-8(14)5-4-7-9(11(15)16)6(2)10(13-7)12(17)18/h13H,3-5H2,1-2H3,(H,15,16)(H,17,18). The fraction of sp³-hybridized carbons (Fsp3) is 0.417. The van der Waals surface area contributed by atoms with E-state index in [9.17, 15) is 14.4 Å². The molecule has 0 aliphatic carbocycles. The zero-order valence-corrected chi connectivity index (χ0v) is 10.6. The minimum atomic E-state index is -1.23. The Hall–Kier alpha value is -2.31. The van der Waals surface area contributed by atoms with Crippen LogP contribution in [0.2, 0.25) is 0 Å². The Bertz CT molecular complexity index is 517. The molecule has 0 radical (unpaired) electrons. The van der Waals surface area contributed by atoms with Crippen LogP contribution in [0.1, 0.15) is 45.4 Å². The first-order valence-corrected chi connectivity index (χ1v) is 5.72. The number of rotatable bonds is 6. The Morgan fingerprint density at radius 1 is 1.21 bits per heavy atom. The maximum absolute atomic E-state index is 11.2. The second-order valence-corrected chi connectivity index (χ2v) is 3.89. The lowest BCUT2D eigenvalue weighted by molar-refractivity contribution is -0.143. The van der Waals surface area contributed by atoms with Crippen molar-refractivity contribution >= 4 is 17.9 Å². The van der Waals surface area contributed by atoms with Gasteiger partial charge in [-0.3, -0.25) is 4.79 Å². The quantitative estimate of drug-likeness (QED) is 0.668. The molecule has 0 amide bonds. The molecule has 0 bridgehead atoms. The Morgan fingerprint density at radius 2 is 1.84 bits per heavy atom. The van der Waals surface area contributed by atoms with Gasteiger partial charge in [0.1, 0.15) is 5.69 Å². The van der Waals surface area contributed by atoms with E-state index in [2.05, 4.69) is 4.98 Å². The number of aryl methyl sites for hydroxylation is 1. The smallest absolute Gasteiger partial charge is 0.352 e. The molecule has 0 atom stereocenters. The van der Waals surface area contributed by atoms with E-state index in [0.29, 0.717) is 0 Å². The number of hydrogen-bond donors (Lipinski definition) is 3. The predicted molar refractivity (Wildman–Crippen MR) is 64.4 cm³/mol. The summed E-state index contributed by atoms with van der Waals surface area (Å²) in [6.07, 6.45) is 0.0850. The highest BCUT2D eigenvalue weighted by Gasteiger charge is 2.23. The number of aromatic nitrogens is 1. The van der Waals surface area contributed by atoms with Crippen LogP contribution >= 0.6 is 0 Å². The Kier molecular flexibility index (Phi) is 4.68. The lowest BCUT2D eigenvalue weighted by Gasteiger charge is -2.02. The zero-order valence-electron chi connectivity index (χ0n) is 10.6. The molecule has 7 heteroatoms. The summed E-state index contributed by atoms with van der Waals surface area (Å²) < 4.78 is 4.73. The van der Waals surface area contributed by atoms with E-state index in [1.165, 1.54) is 6.92 Å². The monoisotopic (exact) mass is 269 g/mol. The number of aromatic carboxylic acids is 2. The summed E-state index contributed by atoms with van der Waals surface area (Å²) in [7, 11) is 0. The molecule has 1 aromatic heterocycles. The van der Waals surface area contributed by atoms with Gasteiger partial charge < -0.3 is 19.9 Å². The van der Waals surface area contributed by atoms with Gasteiger partial charge in [0.25, 0.3) is 0 Å². The molecule has 0 unspecified atom stereocenters. The van der Waals surface area contributed by atoms with Gasteiger partial charge in [0.2, 0.25) is 0 Å². The maximum Gasteiger partial charge on any atom is 0.352 e. The Morgan fingerprint density at radius 3 is 2.32 bits per heavy atom. The molecule has 0 aliphatic heterocycles. The third-order valence-corrected chi connectivity index (χ3v) is 2.64. The second kappa shape index (κ2) is 6.03. The van der Waals surface area contributed by atoms with E-state index in [4.69, 9.17) is 14.9 Å². The van der Waals surface area contributed by atoms with Crippen molar-refractivity contribution in [1.82, 2.24) is 4.98 Å². The van der Waals surface area contributed by atoms with E-state index in [1.807, 2.05) is 0 Å². The first-order chi connectivity index (χ1) is 8.88. The highest BCUT2D eigenvalue weighted by atomic mass is 16.5. The molecule has 1 heterocycles. The van der Waals surface area contributed by atoms with Gasteiger partial charge in [-0.2, -0.15) is 0 Å². The molecule has 19 heavy (non-hydrogen) atoms. The summed E-state index contributed by atoms with van der Waals surface area (Å²) in [5.41, 5.74) is 0.104. The second-order valence-electron chi connectivity index (χ2n) is 3.89. The van der Waals surface area contributed by atoms with Crippen LogP contribution in [-0.4, -0.2) is 39.7 Å². The topological polar surface area (TPSA) is 117 Å². The van der Waals surface area contributed by atoms with Crippen LogP contribution in [0.5, 0.6) is 0 Å². The van der Waals surface area contributed by atoms with Crippen LogP contribution in [0.15, 0.2) is 0 Å². The van der Waals surface area contributed by atoms with Gasteiger partial charge in [-0.15, -0.1) is 0 Å². The van der Waals surface area contributed by atoms with Gasteiger partial charge in [-0.1, -0.05) is 0 Å². The van der Waals surface area contributed by atoms with Crippen molar-refractivity contribution in [1.29, 1.82) is 0 Å². The molecule has 0 spiro atoms. The minimum Gasteiger partial charge on any atom is -0.478 e. The number of aromatic amines is 1. The molecule has 104 valence electrons. The molecule has 3 N–H and O–H groups in total. The van der Waals surface area contributed by atoms with Gasteiger partial charge in [0, 0.05) is 5.69 Å². The first-order valence-electron chi connectivity index (χ1n) is 5.72. The molecule has 0 fully saturated rings. The van der Waals surface area contributed by atoms with Crippen LogP contribution in [0.25, 0.3) is 0 Å². The average molecular weight is 269 g/mol. The normalized spacial score (nSPS) is 10.2. The van der Waals surface area contributed by atoms with Crippen LogP contribution in [-0.2, 0) is 16.0 Å². The molecule has 0 saturated heterocycles. The van der Waals surface area contributed by atoms with E-state index in [-0.39, 0.29) is 42.0 Å². The first kappa shape index (κ1) is 14.7. The van der Waals surface area contributed by atoms with E-state index >= 15 is 0 Å². The van der Waals surface area contributed by atoms with Crippen LogP contribution in [0.3, 0.4) is 0 Å². The average Bonchev–Trinajstić information content (AvgIpc) is 2.64. The minimum absolute atomic E-state index is 0.00681. The summed E-state index contributed by atoms with van der Waals surface area (Å²) in [6, 6.07) is 0. The number of carbonyl (C=O) groups excluding carboxylic acids is 1. The van der Waals surface area contributed by atoms with Gasteiger partial charge in [-0.05, 0) is 25.8 Å². The summed E-state index contributed by atoms with van der Waals surface area (Å²) in [6.45, 7) is 3.33. The highest BCUT2D eigenvalue weighted by molar-refractivity contribution is 5.97. The van der Waals surface area contributed by atoms with Crippen molar-refractivity contribution in [3.63, 3.8) is 0 Å². The van der Waals surface area contributed by atoms with Gasteiger partial charge in [-0.25, -0.2) is 9.59 Å². The fourth-order valence-corrected chi connectivity index (χ4v) is 1.81. The maximum atomic E-state index is 11.2. The van der Waals surface area contributed by atoms with Gasteiger partial charge in [0.15, 0.2) is 0 Å². The van der Waals surface area contributed by atoms with Crippen LogP contribution in [0.4, 0.5) is 0 Å². The molecule has 0 saturated carbocycles. The van der Waals surface area contributed by atoms with E-state index in [0.717, 1.165) is 0 Å².